The number of ether oxygens (including phenoxy) is 3. The first-order chi connectivity index (χ1) is 14.4. The number of nitrogens with zero attached hydrogens (tertiary/aromatic N) is 1. The average Bonchev–Trinajstić information content (AvgIpc) is 3.04. The highest BCUT2D eigenvalue weighted by Crippen LogP contribution is 2.43. The summed E-state index contributed by atoms with van der Waals surface area (Å²) in [5.41, 5.74) is 3.38. The molecule has 0 spiro atoms. The summed E-state index contributed by atoms with van der Waals surface area (Å²) in [5.74, 6) is -1.34. The van der Waals surface area contributed by atoms with Crippen molar-refractivity contribution in [2.45, 2.75) is 0 Å². The normalized spacial score (nSPS) is 14.7. The van der Waals surface area contributed by atoms with E-state index >= 15 is 0 Å². The molecule has 0 saturated carbocycles. The molecule has 0 radical (unpaired) electrons. The molecule has 1 N–H and O–H groups in total. The highest BCUT2D eigenvalue weighted by atomic mass is 79.9. The molecule has 1 saturated heterocycles. The fourth-order valence-electron chi connectivity index (χ4n) is 2.66. The van der Waals surface area contributed by atoms with Crippen LogP contribution in [0, 0.1) is 0 Å². The smallest absolute Gasteiger partial charge is 0.343 e. The lowest BCUT2D eigenvalue weighted by molar-refractivity contribution is -0.143. The molecule has 1 heterocycles. The molecule has 0 unspecified atom stereocenters. The van der Waals surface area contributed by atoms with Crippen LogP contribution in [0.2, 0.25) is 5.02 Å². The van der Waals surface area contributed by atoms with Gasteiger partial charge in [-0.2, -0.15) is 0 Å². The summed E-state index contributed by atoms with van der Waals surface area (Å²) in [7, 11) is 2.63. The van der Waals surface area contributed by atoms with Crippen molar-refractivity contribution in [2.24, 2.45) is 0 Å². The molecule has 156 valence electrons. The lowest BCUT2D eigenvalue weighted by Crippen LogP contribution is -2.35. The van der Waals surface area contributed by atoms with Crippen LogP contribution in [0.4, 0.5) is 5.69 Å². The van der Waals surface area contributed by atoms with E-state index < -0.39 is 17.8 Å². The van der Waals surface area contributed by atoms with Gasteiger partial charge in [-0.05, 0) is 45.8 Å². The van der Waals surface area contributed by atoms with Crippen molar-refractivity contribution in [3.05, 3.63) is 57.0 Å². The van der Waals surface area contributed by atoms with Gasteiger partial charge in [-0.25, -0.2) is 9.80 Å². The second-order valence-corrected chi connectivity index (χ2v) is 7.14. The molecule has 30 heavy (non-hydrogen) atoms. The van der Waals surface area contributed by atoms with Crippen LogP contribution >= 0.6 is 27.5 Å². The van der Waals surface area contributed by atoms with Crippen LogP contribution in [0.25, 0.3) is 6.08 Å². The number of benzene rings is 2. The maximum atomic E-state index is 12.8. The van der Waals surface area contributed by atoms with Gasteiger partial charge in [-0.1, -0.05) is 29.8 Å². The van der Waals surface area contributed by atoms with E-state index in [1.165, 1.54) is 26.4 Å². The van der Waals surface area contributed by atoms with Crippen molar-refractivity contribution < 1.29 is 28.6 Å². The number of carbonyl (C=O) groups is 3. The van der Waals surface area contributed by atoms with Crippen LogP contribution in [-0.2, 0) is 19.1 Å². The van der Waals surface area contributed by atoms with E-state index in [1.807, 2.05) is 0 Å². The first kappa shape index (κ1) is 21.7. The van der Waals surface area contributed by atoms with Gasteiger partial charge in [0.05, 0.1) is 19.9 Å². The van der Waals surface area contributed by atoms with Gasteiger partial charge >= 0.3 is 5.97 Å². The van der Waals surface area contributed by atoms with Crippen molar-refractivity contribution in [1.82, 2.24) is 5.43 Å². The second kappa shape index (κ2) is 9.19. The van der Waals surface area contributed by atoms with E-state index in [4.69, 9.17) is 21.1 Å². The Balaban J connectivity index is 1.97. The lowest BCUT2D eigenvalue weighted by atomic mass is 10.1. The van der Waals surface area contributed by atoms with E-state index in [0.29, 0.717) is 15.7 Å². The van der Waals surface area contributed by atoms with Crippen molar-refractivity contribution >= 4 is 57.1 Å². The number of nitrogens with one attached hydrogen (secondary N) is 1. The monoisotopic (exact) mass is 494 g/mol. The minimum atomic E-state index is -0.593. The van der Waals surface area contributed by atoms with Crippen molar-refractivity contribution in [2.75, 3.05) is 25.8 Å². The molecule has 1 aliphatic heterocycles. The standard InChI is InChI=1S/C20H16BrClN2O6/c1-28-14-9-11(16(21)17(22)18(14)30-10-15(25)29-2)8-13-19(26)23-24(20(13)27)12-6-4-3-5-7-12/h3-9H,10H2,1-2H3,(H,23,26). The summed E-state index contributed by atoms with van der Waals surface area (Å²) in [6.45, 7) is -0.369. The number of hydrogen-bond acceptors (Lipinski definition) is 6. The van der Waals surface area contributed by atoms with Crippen LogP contribution in [0.3, 0.4) is 0 Å². The molecule has 3 rings (SSSR count). The third-order valence-electron chi connectivity index (χ3n) is 4.14. The molecule has 0 aliphatic carbocycles. The lowest BCUT2D eigenvalue weighted by Gasteiger charge is -2.15. The number of hydrazine groups is 1. The Labute approximate surface area is 185 Å². The maximum absolute atomic E-state index is 12.8. The number of para-hydroxylation sites is 1. The molecule has 1 fully saturated rings. The zero-order chi connectivity index (χ0) is 21.8. The Kier molecular flexibility index (Phi) is 6.63. The SMILES string of the molecule is COC(=O)COc1c(OC)cc(C=C2C(=O)NN(c3ccccc3)C2=O)c(Br)c1Cl. The number of hydrogen-bond donors (Lipinski definition) is 1. The highest BCUT2D eigenvalue weighted by Gasteiger charge is 2.34. The summed E-state index contributed by atoms with van der Waals surface area (Å²) in [6, 6.07) is 10.2. The molecule has 0 atom stereocenters. The van der Waals surface area contributed by atoms with Crippen LogP contribution in [0.5, 0.6) is 11.5 Å². The van der Waals surface area contributed by atoms with Crippen molar-refractivity contribution in [3.63, 3.8) is 0 Å². The first-order valence-corrected chi connectivity index (χ1v) is 9.72. The van der Waals surface area contributed by atoms with E-state index in [9.17, 15) is 14.4 Å². The summed E-state index contributed by atoms with van der Waals surface area (Å²) in [4.78, 5) is 36.5. The Morgan fingerprint density at radius 1 is 1.23 bits per heavy atom. The number of amides is 2. The Hall–Kier alpha value is -3.04. The molecule has 8 nitrogen and oxygen atoms in total. The van der Waals surface area contributed by atoms with Gasteiger partial charge in [0.1, 0.15) is 10.6 Å². The second-order valence-electron chi connectivity index (χ2n) is 5.97. The van der Waals surface area contributed by atoms with Crippen molar-refractivity contribution in [1.29, 1.82) is 0 Å². The van der Waals surface area contributed by atoms with Crippen LogP contribution in [0.1, 0.15) is 5.56 Å². The van der Waals surface area contributed by atoms with Gasteiger partial charge < -0.3 is 14.2 Å². The summed E-state index contributed by atoms with van der Waals surface area (Å²) in [5, 5.41) is 1.27. The minimum absolute atomic E-state index is 0.0825. The predicted molar refractivity (Wildman–Crippen MR) is 113 cm³/mol. The van der Waals surface area contributed by atoms with E-state index in [1.54, 1.807) is 30.3 Å². The average molecular weight is 496 g/mol. The Bertz CT molecular complexity index is 1040. The van der Waals surface area contributed by atoms with Crippen LogP contribution < -0.4 is 19.9 Å². The molecule has 1 aliphatic rings. The molecule has 2 amide bonds. The zero-order valence-corrected chi connectivity index (χ0v) is 18.2. The van der Waals surface area contributed by atoms with Gasteiger partial charge in [-0.3, -0.25) is 15.0 Å². The Morgan fingerprint density at radius 2 is 1.93 bits per heavy atom. The third kappa shape index (κ3) is 4.27. The quantitative estimate of drug-likeness (QED) is 0.376. The first-order valence-electron chi connectivity index (χ1n) is 8.55. The van der Waals surface area contributed by atoms with Crippen LogP contribution in [0.15, 0.2) is 46.4 Å². The minimum Gasteiger partial charge on any atom is -0.493 e. The van der Waals surface area contributed by atoms with E-state index in [2.05, 4.69) is 26.1 Å². The zero-order valence-electron chi connectivity index (χ0n) is 15.9. The summed E-state index contributed by atoms with van der Waals surface area (Å²) >= 11 is 9.70. The molecule has 2 aromatic rings. The van der Waals surface area contributed by atoms with Crippen molar-refractivity contribution in [3.8, 4) is 11.5 Å². The summed E-state index contributed by atoms with van der Waals surface area (Å²) < 4.78 is 15.6. The van der Waals surface area contributed by atoms with Gasteiger partial charge in [0.2, 0.25) is 0 Å². The predicted octanol–water partition coefficient (Wildman–Crippen LogP) is 3.12. The van der Waals surface area contributed by atoms with Gasteiger partial charge in [0.25, 0.3) is 11.8 Å². The topological polar surface area (TPSA) is 94.2 Å². The number of methoxy groups -OCH3 is 2. The molecule has 0 bridgehead atoms. The van der Waals surface area contributed by atoms with Crippen LogP contribution in [-0.4, -0.2) is 38.6 Å². The number of anilines is 1. The van der Waals surface area contributed by atoms with Gasteiger partial charge in [0.15, 0.2) is 18.1 Å². The molecule has 10 heteroatoms. The highest BCUT2D eigenvalue weighted by molar-refractivity contribution is 9.10. The number of carbonyl (C=O) groups excluding carboxylic acids is 3. The van der Waals surface area contributed by atoms with Gasteiger partial charge in [-0.15, -0.1) is 0 Å². The number of esters is 1. The number of rotatable bonds is 6. The maximum Gasteiger partial charge on any atom is 0.343 e. The fraction of sp³-hybridized carbons (Fsp3) is 0.150. The summed E-state index contributed by atoms with van der Waals surface area (Å²) in [6.07, 6.45) is 1.39. The number of halogens is 2. The molecule has 2 aromatic carbocycles. The van der Waals surface area contributed by atoms with Gasteiger partial charge in [0, 0.05) is 4.47 Å². The van der Waals surface area contributed by atoms with E-state index in [-0.39, 0.29) is 28.7 Å². The Morgan fingerprint density at radius 3 is 2.57 bits per heavy atom. The largest absolute Gasteiger partial charge is 0.493 e. The molecular formula is C20H16BrClN2O6. The molecule has 0 aromatic heterocycles. The third-order valence-corrected chi connectivity index (χ3v) is 5.59. The fourth-order valence-corrected chi connectivity index (χ4v) is 3.32. The molecular weight excluding hydrogens is 480 g/mol. The van der Waals surface area contributed by atoms with E-state index in [0.717, 1.165) is 5.01 Å².